The fourth-order valence-electron chi connectivity index (χ4n) is 1.68. The van der Waals surface area contributed by atoms with E-state index in [2.05, 4.69) is 10.3 Å². The number of oxazole rings is 1. The zero-order chi connectivity index (χ0) is 14.5. The topological polar surface area (TPSA) is 55.1 Å². The van der Waals surface area contributed by atoms with Crippen molar-refractivity contribution in [3.05, 3.63) is 57.9 Å². The van der Waals surface area contributed by atoms with Crippen LogP contribution in [0.3, 0.4) is 0 Å². The SMILES string of the molecule is O=C(/C=C/c1ccsc1)NCc1coc(-c2cccs2)n1. The Morgan fingerprint density at radius 3 is 3.10 bits per heavy atom. The van der Waals surface area contributed by atoms with Gasteiger partial charge in [-0.1, -0.05) is 6.07 Å². The van der Waals surface area contributed by atoms with Crippen LogP contribution in [0.25, 0.3) is 16.8 Å². The first kappa shape index (κ1) is 13.8. The van der Waals surface area contributed by atoms with Crippen LogP contribution in [-0.4, -0.2) is 10.9 Å². The maximum Gasteiger partial charge on any atom is 0.244 e. The van der Waals surface area contributed by atoms with Crippen molar-refractivity contribution in [2.45, 2.75) is 6.54 Å². The van der Waals surface area contributed by atoms with Crippen molar-refractivity contribution in [2.75, 3.05) is 0 Å². The van der Waals surface area contributed by atoms with E-state index in [0.717, 1.165) is 10.4 Å². The van der Waals surface area contributed by atoms with Gasteiger partial charge in [-0.05, 0) is 39.9 Å². The molecule has 0 spiro atoms. The summed E-state index contributed by atoms with van der Waals surface area (Å²) in [5.41, 5.74) is 1.73. The highest BCUT2D eigenvalue weighted by Gasteiger charge is 2.07. The van der Waals surface area contributed by atoms with Crippen molar-refractivity contribution in [3.8, 4) is 10.8 Å². The van der Waals surface area contributed by atoms with Crippen LogP contribution in [-0.2, 0) is 11.3 Å². The third-order valence-electron chi connectivity index (χ3n) is 2.70. The van der Waals surface area contributed by atoms with Crippen molar-refractivity contribution in [3.63, 3.8) is 0 Å². The van der Waals surface area contributed by atoms with Gasteiger partial charge >= 0.3 is 0 Å². The number of carbonyl (C=O) groups excluding carboxylic acids is 1. The second-order valence-electron chi connectivity index (χ2n) is 4.23. The summed E-state index contributed by atoms with van der Waals surface area (Å²) in [6.45, 7) is 0.349. The third-order valence-corrected chi connectivity index (χ3v) is 4.26. The highest BCUT2D eigenvalue weighted by atomic mass is 32.1. The fourth-order valence-corrected chi connectivity index (χ4v) is 2.96. The van der Waals surface area contributed by atoms with Gasteiger partial charge in [0.1, 0.15) is 6.26 Å². The van der Waals surface area contributed by atoms with Crippen molar-refractivity contribution >= 4 is 34.7 Å². The Morgan fingerprint density at radius 1 is 1.38 bits per heavy atom. The largest absolute Gasteiger partial charge is 0.443 e. The summed E-state index contributed by atoms with van der Waals surface area (Å²) in [5.74, 6) is 0.435. The summed E-state index contributed by atoms with van der Waals surface area (Å²) in [5, 5.41) is 8.70. The Labute approximate surface area is 129 Å². The third kappa shape index (κ3) is 3.68. The number of amides is 1. The molecule has 0 unspecified atom stereocenters. The number of rotatable bonds is 5. The van der Waals surface area contributed by atoms with Gasteiger partial charge in [-0.3, -0.25) is 4.79 Å². The summed E-state index contributed by atoms with van der Waals surface area (Å²) >= 11 is 3.17. The Kier molecular flexibility index (Phi) is 4.28. The molecule has 3 heterocycles. The number of hydrogen-bond donors (Lipinski definition) is 1. The molecule has 0 saturated carbocycles. The molecule has 0 radical (unpaired) electrons. The molecule has 0 aliphatic heterocycles. The van der Waals surface area contributed by atoms with E-state index >= 15 is 0 Å². The van der Waals surface area contributed by atoms with Gasteiger partial charge in [0.05, 0.1) is 17.1 Å². The van der Waals surface area contributed by atoms with Crippen LogP contribution in [0, 0.1) is 0 Å². The molecule has 3 aromatic rings. The minimum Gasteiger partial charge on any atom is -0.443 e. The Morgan fingerprint density at radius 2 is 2.33 bits per heavy atom. The molecule has 4 nitrogen and oxygen atoms in total. The first-order chi connectivity index (χ1) is 10.3. The lowest BCUT2D eigenvalue weighted by atomic mass is 10.3. The van der Waals surface area contributed by atoms with Gasteiger partial charge in [0, 0.05) is 6.08 Å². The molecule has 3 rings (SSSR count). The smallest absolute Gasteiger partial charge is 0.244 e. The number of hydrogen-bond acceptors (Lipinski definition) is 5. The average Bonchev–Trinajstić information content (AvgIpc) is 3.24. The van der Waals surface area contributed by atoms with E-state index in [0.29, 0.717) is 18.1 Å². The lowest BCUT2D eigenvalue weighted by Crippen LogP contribution is -2.20. The van der Waals surface area contributed by atoms with E-state index in [-0.39, 0.29) is 5.91 Å². The van der Waals surface area contributed by atoms with Crippen molar-refractivity contribution in [1.29, 1.82) is 0 Å². The predicted molar refractivity (Wildman–Crippen MR) is 85.0 cm³/mol. The van der Waals surface area contributed by atoms with Crippen LogP contribution in [0.1, 0.15) is 11.3 Å². The summed E-state index contributed by atoms with van der Waals surface area (Å²) in [4.78, 5) is 17.0. The summed E-state index contributed by atoms with van der Waals surface area (Å²) in [6, 6.07) is 5.85. The quantitative estimate of drug-likeness (QED) is 0.729. The maximum atomic E-state index is 11.7. The first-order valence-electron chi connectivity index (χ1n) is 6.27. The predicted octanol–water partition coefficient (Wildman–Crippen LogP) is 3.79. The molecule has 0 saturated heterocycles. The minimum atomic E-state index is -0.151. The molecule has 1 N–H and O–H groups in total. The second kappa shape index (κ2) is 6.51. The van der Waals surface area contributed by atoms with Gasteiger partial charge in [0.15, 0.2) is 0 Å². The molecule has 0 aliphatic carbocycles. The molecule has 0 aliphatic rings. The van der Waals surface area contributed by atoms with Crippen LogP contribution in [0.15, 0.2) is 51.1 Å². The van der Waals surface area contributed by atoms with Gasteiger partial charge in [-0.2, -0.15) is 11.3 Å². The molecule has 21 heavy (non-hydrogen) atoms. The second-order valence-corrected chi connectivity index (χ2v) is 5.96. The average molecular weight is 316 g/mol. The molecule has 0 aromatic carbocycles. The number of thiophene rings is 2. The van der Waals surface area contributed by atoms with Crippen LogP contribution >= 0.6 is 22.7 Å². The van der Waals surface area contributed by atoms with Gasteiger partial charge in [-0.25, -0.2) is 4.98 Å². The maximum absolute atomic E-state index is 11.7. The Balaban J connectivity index is 1.54. The van der Waals surface area contributed by atoms with Crippen LogP contribution < -0.4 is 5.32 Å². The van der Waals surface area contributed by atoms with E-state index in [4.69, 9.17) is 4.42 Å². The van der Waals surface area contributed by atoms with E-state index in [1.807, 2.05) is 34.3 Å². The van der Waals surface area contributed by atoms with Crippen molar-refractivity contribution < 1.29 is 9.21 Å². The summed E-state index contributed by atoms with van der Waals surface area (Å²) < 4.78 is 5.39. The van der Waals surface area contributed by atoms with Gasteiger partial charge in [0.25, 0.3) is 0 Å². The monoisotopic (exact) mass is 316 g/mol. The standard InChI is InChI=1S/C15H12N2O2S2/c18-14(4-3-11-5-7-20-10-11)16-8-12-9-19-15(17-12)13-2-1-6-21-13/h1-7,9-10H,8H2,(H,16,18)/b4-3+. The molecular weight excluding hydrogens is 304 g/mol. The normalized spacial score (nSPS) is 11.0. The molecule has 0 atom stereocenters. The van der Waals surface area contributed by atoms with Crippen LogP contribution in [0.4, 0.5) is 0 Å². The molecule has 6 heteroatoms. The van der Waals surface area contributed by atoms with E-state index < -0.39 is 0 Å². The number of aromatic nitrogens is 1. The highest BCUT2D eigenvalue weighted by Crippen LogP contribution is 2.23. The molecule has 106 valence electrons. The molecular formula is C15H12N2O2S2. The fraction of sp³-hybridized carbons (Fsp3) is 0.0667. The number of carbonyl (C=O) groups is 1. The first-order valence-corrected chi connectivity index (χ1v) is 8.10. The lowest BCUT2D eigenvalue weighted by Gasteiger charge is -1.97. The molecule has 1 amide bonds. The van der Waals surface area contributed by atoms with E-state index in [1.165, 1.54) is 6.08 Å². The number of nitrogens with one attached hydrogen (secondary N) is 1. The van der Waals surface area contributed by atoms with E-state index in [1.54, 1.807) is 35.0 Å². The van der Waals surface area contributed by atoms with Gasteiger partial charge in [-0.15, -0.1) is 11.3 Å². The van der Waals surface area contributed by atoms with Crippen LogP contribution in [0.5, 0.6) is 0 Å². The molecule has 0 fully saturated rings. The Hall–Kier alpha value is -2.18. The molecule has 3 aromatic heterocycles. The number of nitrogens with zero attached hydrogens (tertiary/aromatic N) is 1. The zero-order valence-corrected chi connectivity index (χ0v) is 12.6. The minimum absolute atomic E-state index is 0.151. The summed E-state index contributed by atoms with van der Waals surface area (Å²) in [7, 11) is 0. The van der Waals surface area contributed by atoms with Crippen LogP contribution in [0.2, 0.25) is 0 Å². The summed E-state index contributed by atoms with van der Waals surface area (Å²) in [6.07, 6.45) is 4.87. The van der Waals surface area contributed by atoms with E-state index in [9.17, 15) is 4.79 Å². The Bertz CT molecular complexity index is 728. The zero-order valence-electron chi connectivity index (χ0n) is 11.0. The van der Waals surface area contributed by atoms with Crippen molar-refractivity contribution in [2.24, 2.45) is 0 Å². The van der Waals surface area contributed by atoms with Crippen molar-refractivity contribution in [1.82, 2.24) is 10.3 Å². The molecule has 0 bridgehead atoms. The highest BCUT2D eigenvalue weighted by molar-refractivity contribution is 7.13. The lowest BCUT2D eigenvalue weighted by molar-refractivity contribution is -0.116. The van der Waals surface area contributed by atoms with Gasteiger partial charge in [0.2, 0.25) is 11.8 Å². The van der Waals surface area contributed by atoms with Gasteiger partial charge < -0.3 is 9.73 Å².